The van der Waals surface area contributed by atoms with E-state index in [2.05, 4.69) is 5.32 Å². The average Bonchev–Trinajstić information content (AvgIpc) is 2.69. The zero-order chi connectivity index (χ0) is 16.0. The monoisotopic (exact) mass is 309 g/mol. The van der Waals surface area contributed by atoms with E-state index in [1.165, 1.54) is 0 Å². The normalized spacial score (nSPS) is 41.4. The van der Waals surface area contributed by atoms with E-state index in [0.29, 0.717) is 12.8 Å². The quantitative estimate of drug-likeness (QED) is 0.501. The van der Waals surface area contributed by atoms with E-state index in [0.717, 1.165) is 19.3 Å². The Morgan fingerprint density at radius 2 is 2.27 bits per heavy atom. The van der Waals surface area contributed by atoms with Crippen LogP contribution in [0, 0.1) is 11.8 Å². The standard InChI is InChI=1S/C16H23NO5/c1-15-11(8-5-9-18)13(20)17-16(15,14(21)22-15)12(19)10-6-3-2-4-7-10/h3,6,10-12,18-19H,2,4-5,7-9H2,1H3,(H,17,20)/t10-,11+,12-,15+,16+/m1/s1. The van der Waals surface area contributed by atoms with Crippen molar-refractivity contribution in [1.82, 2.24) is 5.32 Å². The molecule has 3 N–H and O–H groups in total. The number of hydrogen-bond donors (Lipinski definition) is 3. The SMILES string of the molecule is C[C@@]12OC(=O)[C@]1([C@H](O)[C@@H]1C=CCCC1)NC(=O)[C@@H]2CCCO. The topological polar surface area (TPSA) is 95.9 Å². The third-order valence-corrected chi connectivity index (χ3v) is 5.50. The van der Waals surface area contributed by atoms with E-state index in [4.69, 9.17) is 9.84 Å². The molecule has 3 aliphatic rings. The Morgan fingerprint density at radius 1 is 1.50 bits per heavy atom. The van der Waals surface area contributed by atoms with Crippen LogP contribution >= 0.6 is 0 Å². The van der Waals surface area contributed by atoms with Gasteiger partial charge in [0.05, 0.1) is 12.0 Å². The van der Waals surface area contributed by atoms with E-state index in [-0.39, 0.29) is 18.4 Å². The second kappa shape index (κ2) is 5.35. The number of ether oxygens (including phenoxy) is 1. The molecule has 0 aromatic heterocycles. The lowest BCUT2D eigenvalue weighted by atomic mass is 9.64. The molecule has 1 aliphatic carbocycles. The fourth-order valence-corrected chi connectivity index (χ4v) is 4.18. The first-order valence-electron chi connectivity index (χ1n) is 7.98. The lowest BCUT2D eigenvalue weighted by molar-refractivity contribution is -0.238. The van der Waals surface area contributed by atoms with Crippen LogP contribution in [0.2, 0.25) is 0 Å². The summed E-state index contributed by atoms with van der Waals surface area (Å²) in [6, 6.07) is 0. The van der Waals surface area contributed by atoms with Crippen molar-refractivity contribution in [3.05, 3.63) is 12.2 Å². The van der Waals surface area contributed by atoms with Gasteiger partial charge in [0.2, 0.25) is 11.4 Å². The molecule has 2 heterocycles. The van der Waals surface area contributed by atoms with Crippen molar-refractivity contribution < 1.29 is 24.5 Å². The highest BCUT2D eigenvalue weighted by molar-refractivity contribution is 6.01. The van der Waals surface area contributed by atoms with Crippen molar-refractivity contribution in [2.24, 2.45) is 11.8 Å². The number of fused-ring (bicyclic) bond motifs is 1. The molecule has 0 aromatic carbocycles. The third kappa shape index (κ3) is 1.86. The van der Waals surface area contributed by atoms with Crippen molar-refractivity contribution in [3.8, 4) is 0 Å². The second-order valence-corrected chi connectivity index (χ2v) is 6.68. The van der Waals surface area contributed by atoms with Crippen LogP contribution in [-0.2, 0) is 14.3 Å². The van der Waals surface area contributed by atoms with Crippen LogP contribution < -0.4 is 5.32 Å². The predicted molar refractivity (Wildman–Crippen MR) is 77.7 cm³/mol. The number of hydrogen-bond acceptors (Lipinski definition) is 5. The highest BCUT2D eigenvalue weighted by atomic mass is 16.6. The van der Waals surface area contributed by atoms with Crippen molar-refractivity contribution in [2.45, 2.75) is 56.3 Å². The molecule has 3 rings (SSSR count). The largest absolute Gasteiger partial charge is 0.453 e. The zero-order valence-corrected chi connectivity index (χ0v) is 12.7. The van der Waals surface area contributed by atoms with Crippen molar-refractivity contribution in [1.29, 1.82) is 0 Å². The maximum absolute atomic E-state index is 12.3. The molecule has 0 aromatic rings. The predicted octanol–water partition coefficient (Wildman–Crippen LogP) is 0.276. The van der Waals surface area contributed by atoms with Gasteiger partial charge in [-0.15, -0.1) is 0 Å². The molecular weight excluding hydrogens is 286 g/mol. The number of aliphatic hydroxyl groups excluding tert-OH is 2. The number of carbonyl (C=O) groups is 2. The number of nitrogens with one attached hydrogen (secondary N) is 1. The molecule has 0 radical (unpaired) electrons. The minimum atomic E-state index is -1.35. The highest BCUT2D eigenvalue weighted by Gasteiger charge is 2.79. The molecule has 122 valence electrons. The maximum Gasteiger partial charge on any atom is 0.339 e. The van der Waals surface area contributed by atoms with Gasteiger partial charge >= 0.3 is 5.97 Å². The van der Waals surface area contributed by atoms with Crippen LogP contribution in [0.5, 0.6) is 0 Å². The van der Waals surface area contributed by atoms with Crippen molar-refractivity contribution in [3.63, 3.8) is 0 Å². The number of amides is 1. The van der Waals surface area contributed by atoms with Crippen LogP contribution in [0.15, 0.2) is 12.2 Å². The Balaban J connectivity index is 1.90. The number of rotatable bonds is 5. The van der Waals surface area contributed by atoms with E-state index in [9.17, 15) is 14.7 Å². The van der Waals surface area contributed by atoms with Gasteiger partial charge in [0, 0.05) is 12.5 Å². The summed E-state index contributed by atoms with van der Waals surface area (Å²) in [6.45, 7) is 1.69. The Hall–Kier alpha value is -1.40. The van der Waals surface area contributed by atoms with E-state index >= 15 is 0 Å². The fraction of sp³-hybridized carbons (Fsp3) is 0.750. The van der Waals surface area contributed by atoms with Crippen molar-refractivity contribution in [2.75, 3.05) is 6.61 Å². The molecule has 0 unspecified atom stereocenters. The van der Waals surface area contributed by atoms with E-state index in [1.54, 1.807) is 6.92 Å². The molecular formula is C16H23NO5. The zero-order valence-electron chi connectivity index (χ0n) is 12.7. The molecule has 2 fully saturated rings. The van der Waals surface area contributed by atoms with Gasteiger partial charge in [-0.25, -0.2) is 4.79 Å². The Labute approximate surface area is 129 Å². The van der Waals surface area contributed by atoms with Gasteiger partial charge in [-0.2, -0.15) is 0 Å². The molecule has 2 aliphatic heterocycles. The van der Waals surface area contributed by atoms with Gasteiger partial charge in [0.25, 0.3) is 0 Å². The van der Waals surface area contributed by atoms with Gasteiger partial charge in [0.15, 0.2) is 5.60 Å². The number of allylic oxidation sites excluding steroid dienone is 1. The van der Waals surface area contributed by atoms with Crippen LogP contribution in [0.25, 0.3) is 0 Å². The van der Waals surface area contributed by atoms with Crippen LogP contribution in [0.4, 0.5) is 0 Å². The third-order valence-electron chi connectivity index (χ3n) is 5.50. The van der Waals surface area contributed by atoms with Crippen molar-refractivity contribution >= 4 is 11.9 Å². The second-order valence-electron chi connectivity index (χ2n) is 6.68. The average molecular weight is 309 g/mol. The van der Waals surface area contributed by atoms with Gasteiger partial charge < -0.3 is 20.3 Å². The molecule has 6 heteroatoms. The minimum Gasteiger partial charge on any atom is -0.453 e. The van der Waals surface area contributed by atoms with Crippen LogP contribution in [0.1, 0.15) is 39.0 Å². The highest BCUT2D eigenvalue weighted by Crippen LogP contribution is 2.53. The van der Waals surface area contributed by atoms with Gasteiger partial charge in [-0.1, -0.05) is 12.2 Å². The summed E-state index contributed by atoms with van der Waals surface area (Å²) in [5.74, 6) is -1.51. The first-order chi connectivity index (χ1) is 10.5. The molecule has 6 nitrogen and oxygen atoms in total. The lowest BCUT2D eigenvalue weighted by Crippen LogP contribution is -2.80. The Kier molecular flexibility index (Phi) is 3.77. The number of aliphatic hydroxyl groups is 2. The molecule has 0 bridgehead atoms. The summed E-state index contributed by atoms with van der Waals surface area (Å²) in [5, 5.41) is 22.6. The molecule has 2 saturated heterocycles. The van der Waals surface area contributed by atoms with E-state index in [1.807, 2.05) is 12.2 Å². The summed E-state index contributed by atoms with van der Waals surface area (Å²) in [4.78, 5) is 24.5. The summed E-state index contributed by atoms with van der Waals surface area (Å²) in [6.07, 6.45) is 6.57. The summed E-state index contributed by atoms with van der Waals surface area (Å²) < 4.78 is 5.36. The molecule has 22 heavy (non-hydrogen) atoms. The van der Waals surface area contributed by atoms with Gasteiger partial charge in [-0.3, -0.25) is 4.79 Å². The summed E-state index contributed by atoms with van der Waals surface area (Å²) in [7, 11) is 0. The molecule has 0 spiro atoms. The number of carbonyl (C=O) groups excluding carboxylic acids is 2. The van der Waals surface area contributed by atoms with Gasteiger partial charge in [-0.05, 0) is 39.0 Å². The fourth-order valence-electron chi connectivity index (χ4n) is 4.18. The Morgan fingerprint density at radius 3 is 2.86 bits per heavy atom. The maximum atomic E-state index is 12.3. The van der Waals surface area contributed by atoms with Crippen LogP contribution in [-0.4, -0.2) is 45.9 Å². The molecule has 5 atom stereocenters. The molecule has 0 saturated carbocycles. The lowest BCUT2D eigenvalue weighted by Gasteiger charge is -2.54. The summed E-state index contributed by atoms with van der Waals surface area (Å²) in [5.41, 5.74) is -2.39. The first kappa shape index (κ1) is 15.5. The van der Waals surface area contributed by atoms with E-state index < -0.39 is 29.1 Å². The van der Waals surface area contributed by atoms with Crippen LogP contribution in [0.3, 0.4) is 0 Å². The van der Waals surface area contributed by atoms with Gasteiger partial charge in [0.1, 0.15) is 0 Å². The minimum absolute atomic E-state index is 0.0191. The Bertz CT molecular complexity index is 519. The molecule has 1 amide bonds. The number of esters is 1. The first-order valence-corrected chi connectivity index (χ1v) is 7.98. The smallest absolute Gasteiger partial charge is 0.339 e. The summed E-state index contributed by atoms with van der Waals surface area (Å²) >= 11 is 0.